The number of thiocarbonyl (C=S) groups is 1. The molecule has 33 heavy (non-hydrogen) atoms. The van der Waals surface area contributed by atoms with E-state index in [0.29, 0.717) is 78.4 Å². The third-order valence-corrected chi connectivity index (χ3v) is 6.86. The highest BCUT2D eigenvalue weighted by Crippen LogP contribution is 2.33. The molecule has 9 nitrogen and oxygen atoms in total. The van der Waals surface area contributed by atoms with Gasteiger partial charge in [-0.15, -0.1) is 0 Å². The SMILES string of the molecule is O=C(O)CCCCCN1C(=O)C(=Cc2c(N3CCOCC3)nc3ccccn3c2=O)SC1=S. The molecule has 0 saturated carbocycles. The molecular weight excluding hydrogens is 464 g/mol. The Bertz CT molecular complexity index is 1170. The number of carboxylic acid groups (broad SMARTS) is 1. The van der Waals surface area contributed by atoms with Crippen LogP contribution < -0.4 is 10.5 Å². The molecule has 0 unspecified atom stereocenters. The van der Waals surface area contributed by atoms with Crippen molar-refractivity contribution in [2.24, 2.45) is 0 Å². The van der Waals surface area contributed by atoms with E-state index < -0.39 is 5.97 Å². The van der Waals surface area contributed by atoms with Gasteiger partial charge < -0.3 is 14.7 Å². The number of thioether (sulfide) groups is 1. The first-order valence-electron chi connectivity index (χ1n) is 10.8. The van der Waals surface area contributed by atoms with Gasteiger partial charge in [-0.3, -0.25) is 23.7 Å². The Hall–Kier alpha value is -2.76. The van der Waals surface area contributed by atoms with Crippen molar-refractivity contribution in [3.05, 3.63) is 45.2 Å². The molecule has 0 atom stereocenters. The number of aromatic nitrogens is 2. The Labute approximate surface area is 200 Å². The Morgan fingerprint density at radius 2 is 2.00 bits per heavy atom. The number of pyridine rings is 1. The highest BCUT2D eigenvalue weighted by atomic mass is 32.2. The molecular formula is C22H24N4O5S2. The molecule has 0 aliphatic carbocycles. The predicted molar refractivity (Wildman–Crippen MR) is 130 cm³/mol. The van der Waals surface area contributed by atoms with Gasteiger partial charge in [-0.2, -0.15) is 0 Å². The minimum atomic E-state index is -0.824. The van der Waals surface area contributed by atoms with Gasteiger partial charge in [0.1, 0.15) is 15.8 Å². The predicted octanol–water partition coefficient (Wildman–Crippen LogP) is 2.38. The summed E-state index contributed by atoms with van der Waals surface area (Å²) in [7, 11) is 0. The van der Waals surface area contributed by atoms with E-state index in [2.05, 4.69) is 0 Å². The quantitative estimate of drug-likeness (QED) is 0.341. The Morgan fingerprint density at radius 3 is 2.76 bits per heavy atom. The van der Waals surface area contributed by atoms with E-state index in [0.717, 1.165) is 0 Å². The van der Waals surface area contributed by atoms with Gasteiger partial charge in [0.15, 0.2) is 0 Å². The second kappa shape index (κ2) is 10.4. The molecule has 0 radical (unpaired) electrons. The number of hydrogen-bond acceptors (Lipinski definition) is 8. The molecule has 4 rings (SSSR count). The summed E-state index contributed by atoms with van der Waals surface area (Å²) in [6.07, 6.45) is 5.28. The van der Waals surface area contributed by atoms with E-state index >= 15 is 0 Å². The van der Waals surface area contributed by atoms with Gasteiger partial charge in [0.25, 0.3) is 11.5 Å². The summed E-state index contributed by atoms with van der Waals surface area (Å²) in [5.41, 5.74) is 0.638. The van der Waals surface area contributed by atoms with E-state index in [1.165, 1.54) is 21.1 Å². The van der Waals surface area contributed by atoms with E-state index in [9.17, 15) is 14.4 Å². The average Bonchev–Trinajstić information content (AvgIpc) is 3.08. The van der Waals surface area contributed by atoms with E-state index in [1.807, 2.05) is 11.0 Å². The van der Waals surface area contributed by atoms with Crippen LogP contribution in [0.15, 0.2) is 34.1 Å². The van der Waals surface area contributed by atoms with Crippen LogP contribution in [0.3, 0.4) is 0 Å². The second-order valence-corrected chi connectivity index (χ2v) is 9.40. The molecule has 4 heterocycles. The van der Waals surface area contributed by atoms with E-state index in [4.69, 9.17) is 27.0 Å². The Kier molecular flexibility index (Phi) is 7.41. The summed E-state index contributed by atoms with van der Waals surface area (Å²) >= 11 is 6.58. The standard InChI is InChI=1S/C22H24N4O5S2/c27-18(28)7-2-1-4-9-26-21(30)16(33-22(26)32)14-15-19(24-10-12-31-13-11-24)23-17-6-3-5-8-25(17)20(15)29/h3,5-6,8,14H,1-2,4,7,9-13H2,(H,27,28). The molecule has 2 saturated heterocycles. The van der Waals surface area contributed by atoms with Crippen molar-refractivity contribution >= 4 is 57.7 Å². The second-order valence-electron chi connectivity index (χ2n) is 7.72. The third kappa shape index (κ3) is 5.26. The molecule has 2 fully saturated rings. The van der Waals surface area contributed by atoms with Crippen LogP contribution in [-0.2, 0) is 14.3 Å². The van der Waals surface area contributed by atoms with Gasteiger partial charge >= 0.3 is 5.97 Å². The number of anilines is 1. The average molecular weight is 489 g/mol. The smallest absolute Gasteiger partial charge is 0.303 e. The van der Waals surface area contributed by atoms with Crippen LogP contribution in [0.25, 0.3) is 11.7 Å². The molecule has 2 aromatic heterocycles. The van der Waals surface area contributed by atoms with Crippen LogP contribution in [0.1, 0.15) is 31.2 Å². The fourth-order valence-corrected chi connectivity index (χ4v) is 5.07. The lowest BCUT2D eigenvalue weighted by molar-refractivity contribution is -0.137. The topological polar surface area (TPSA) is 104 Å². The maximum atomic E-state index is 13.4. The summed E-state index contributed by atoms with van der Waals surface area (Å²) in [5, 5.41) is 8.75. The summed E-state index contributed by atoms with van der Waals surface area (Å²) < 4.78 is 7.35. The summed E-state index contributed by atoms with van der Waals surface area (Å²) in [6.45, 7) is 2.71. The number of nitrogens with zero attached hydrogens (tertiary/aromatic N) is 4. The Morgan fingerprint density at radius 1 is 1.21 bits per heavy atom. The normalized spacial score (nSPS) is 18.0. The molecule has 2 aromatic rings. The lowest BCUT2D eigenvalue weighted by Crippen LogP contribution is -2.38. The molecule has 0 spiro atoms. The first kappa shape index (κ1) is 23.4. The van der Waals surface area contributed by atoms with Crippen LogP contribution in [-0.4, -0.2) is 68.4 Å². The monoisotopic (exact) mass is 488 g/mol. The van der Waals surface area contributed by atoms with Gasteiger partial charge in [0.05, 0.1) is 23.7 Å². The first-order valence-corrected chi connectivity index (χ1v) is 12.0. The van der Waals surface area contributed by atoms with Gasteiger partial charge in [-0.25, -0.2) is 4.98 Å². The number of carbonyl (C=O) groups is 2. The van der Waals surface area contributed by atoms with Crippen LogP contribution in [0.2, 0.25) is 0 Å². The van der Waals surface area contributed by atoms with Crippen molar-refractivity contribution in [3.8, 4) is 0 Å². The van der Waals surface area contributed by atoms with Crippen molar-refractivity contribution in [1.82, 2.24) is 14.3 Å². The summed E-state index contributed by atoms with van der Waals surface area (Å²) in [5.74, 6) is -0.531. The minimum absolute atomic E-state index is 0.113. The largest absolute Gasteiger partial charge is 0.481 e. The number of hydrogen-bond donors (Lipinski definition) is 1. The fraction of sp³-hybridized carbons (Fsp3) is 0.409. The van der Waals surface area contributed by atoms with Crippen molar-refractivity contribution in [2.75, 3.05) is 37.7 Å². The number of carboxylic acids is 1. The van der Waals surface area contributed by atoms with E-state index in [-0.39, 0.29) is 17.9 Å². The number of unbranched alkanes of at least 4 members (excludes halogenated alkanes) is 2. The van der Waals surface area contributed by atoms with Gasteiger partial charge in [-0.1, -0.05) is 36.5 Å². The van der Waals surface area contributed by atoms with Crippen molar-refractivity contribution in [3.63, 3.8) is 0 Å². The molecule has 0 aromatic carbocycles. The van der Waals surface area contributed by atoms with Gasteiger partial charge in [0, 0.05) is 32.3 Å². The van der Waals surface area contributed by atoms with Crippen LogP contribution >= 0.6 is 24.0 Å². The van der Waals surface area contributed by atoms with Crippen LogP contribution in [0, 0.1) is 0 Å². The van der Waals surface area contributed by atoms with E-state index in [1.54, 1.807) is 24.4 Å². The maximum absolute atomic E-state index is 13.4. The minimum Gasteiger partial charge on any atom is -0.481 e. The van der Waals surface area contributed by atoms with Crippen LogP contribution in [0.5, 0.6) is 0 Å². The molecule has 2 aliphatic heterocycles. The molecule has 2 aliphatic rings. The molecule has 11 heteroatoms. The molecule has 1 N–H and O–H groups in total. The van der Waals surface area contributed by atoms with Crippen molar-refractivity contribution < 1.29 is 19.4 Å². The van der Waals surface area contributed by atoms with Crippen molar-refractivity contribution in [1.29, 1.82) is 0 Å². The number of carbonyl (C=O) groups excluding carboxylic acids is 1. The number of aliphatic carboxylic acids is 1. The lowest BCUT2D eigenvalue weighted by atomic mass is 10.2. The lowest BCUT2D eigenvalue weighted by Gasteiger charge is -2.29. The number of ether oxygens (including phenoxy) is 1. The Balaban J connectivity index is 1.61. The zero-order valence-corrected chi connectivity index (χ0v) is 19.6. The number of morpholine rings is 1. The molecule has 0 bridgehead atoms. The maximum Gasteiger partial charge on any atom is 0.303 e. The third-order valence-electron chi connectivity index (χ3n) is 5.48. The van der Waals surface area contributed by atoms with Crippen LogP contribution in [0.4, 0.5) is 5.82 Å². The summed E-state index contributed by atoms with van der Waals surface area (Å²) in [4.78, 5) is 45.7. The first-order chi connectivity index (χ1) is 16.0. The number of fused-ring (bicyclic) bond motifs is 1. The number of rotatable bonds is 8. The highest BCUT2D eigenvalue weighted by molar-refractivity contribution is 8.26. The highest BCUT2D eigenvalue weighted by Gasteiger charge is 2.32. The molecule has 1 amide bonds. The zero-order chi connectivity index (χ0) is 23.4. The fourth-order valence-electron chi connectivity index (χ4n) is 3.78. The molecule has 174 valence electrons. The van der Waals surface area contributed by atoms with Crippen molar-refractivity contribution in [2.45, 2.75) is 25.7 Å². The van der Waals surface area contributed by atoms with Gasteiger partial charge in [-0.05, 0) is 31.1 Å². The number of amides is 1. The summed E-state index contributed by atoms with van der Waals surface area (Å²) in [6, 6.07) is 5.36. The zero-order valence-electron chi connectivity index (χ0n) is 17.9. The van der Waals surface area contributed by atoms with Gasteiger partial charge in [0.2, 0.25) is 0 Å².